The summed E-state index contributed by atoms with van der Waals surface area (Å²) in [6.07, 6.45) is 4.29. The van der Waals surface area contributed by atoms with Crippen LogP contribution in [0, 0.1) is 0 Å². The van der Waals surface area contributed by atoms with Gasteiger partial charge in [-0.25, -0.2) is 4.79 Å². The molecule has 0 bridgehead atoms. The Morgan fingerprint density at radius 1 is 1.11 bits per heavy atom. The fourth-order valence-electron chi connectivity index (χ4n) is 3.85. The van der Waals surface area contributed by atoms with E-state index >= 15 is 0 Å². The summed E-state index contributed by atoms with van der Waals surface area (Å²) >= 11 is 5.92. The Balaban J connectivity index is 1.49. The average Bonchev–Trinajstić information content (AvgIpc) is 2.82. The van der Waals surface area contributed by atoms with Crippen LogP contribution in [-0.2, 0) is 6.42 Å². The Hall–Kier alpha value is -3.77. The van der Waals surface area contributed by atoms with Gasteiger partial charge in [0.2, 0.25) is 0 Å². The van der Waals surface area contributed by atoms with Gasteiger partial charge in [-0.3, -0.25) is 4.79 Å². The number of rotatable bonds is 6. The van der Waals surface area contributed by atoms with Crippen LogP contribution in [0.3, 0.4) is 0 Å². The summed E-state index contributed by atoms with van der Waals surface area (Å²) < 4.78 is 16.7. The minimum atomic E-state index is -0.520. The molecule has 0 aromatic heterocycles. The van der Waals surface area contributed by atoms with Crippen LogP contribution in [0.1, 0.15) is 52.1 Å². The molecule has 0 fully saturated rings. The number of esters is 1. The number of ketones is 1. The fraction of sp³-hybridized carbons (Fsp3) is 0.214. The number of halogens is 1. The molecule has 0 saturated heterocycles. The Kier molecular flexibility index (Phi) is 6.85. The highest BCUT2D eigenvalue weighted by molar-refractivity contribution is 6.30. The second-order valence-corrected chi connectivity index (χ2v) is 9.24. The van der Waals surface area contributed by atoms with E-state index in [9.17, 15) is 14.7 Å². The molecule has 0 saturated carbocycles. The summed E-state index contributed by atoms with van der Waals surface area (Å²) in [5.74, 6) is 0.0934. The van der Waals surface area contributed by atoms with Crippen LogP contribution in [0.25, 0.3) is 6.08 Å². The number of carbonyl (C=O) groups excluding carboxylic acids is 2. The zero-order valence-corrected chi connectivity index (χ0v) is 20.4. The van der Waals surface area contributed by atoms with E-state index < -0.39 is 11.8 Å². The highest BCUT2D eigenvalue weighted by Crippen LogP contribution is 2.44. The number of phenols is 1. The molecule has 7 heteroatoms. The Morgan fingerprint density at radius 3 is 2.54 bits per heavy atom. The largest absolute Gasteiger partial charge is 0.507 e. The van der Waals surface area contributed by atoms with Crippen molar-refractivity contribution in [1.29, 1.82) is 0 Å². The number of benzene rings is 3. The zero-order valence-electron chi connectivity index (χ0n) is 19.6. The molecule has 0 amide bonds. The van der Waals surface area contributed by atoms with Crippen LogP contribution in [-0.4, -0.2) is 29.6 Å². The summed E-state index contributed by atoms with van der Waals surface area (Å²) in [6.45, 7) is 3.95. The second kappa shape index (κ2) is 9.84. The number of carbonyl (C=O) groups is 2. The number of ether oxygens (including phenoxy) is 3. The number of hydrogen-bond donors (Lipinski definition) is 1. The van der Waals surface area contributed by atoms with Crippen molar-refractivity contribution in [3.63, 3.8) is 0 Å². The quantitative estimate of drug-likeness (QED) is 0.189. The van der Waals surface area contributed by atoms with Gasteiger partial charge in [-0.2, -0.15) is 0 Å². The molecule has 4 rings (SSSR count). The van der Waals surface area contributed by atoms with E-state index in [0.29, 0.717) is 39.6 Å². The first-order chi connectivity index (χ1) is 16.7. The van der Waals surface area contributed by atoms with E-state index in [2.05, 4.69) is 0 Å². The van der Waals surface area contributed by atoms with E-state index in [-0.39, 0.29) is 22.7 Å². The Morgan fingerprint density at radius 2 is 1.86 bits per heavy atom. The summed E-state index contributed by atoms with van der Waals surface area (Å²) in [7, 11) is 1.44. The van der Waals surface area contributed by atoms with Gasteiger partial charge in [0.1, 0.15) is 34.2 Å². The van der Waals surface area contributed by atoms with Gasteiger partial charge in [0, 0.05) is 16.7 Å². The van der Waals surface area contributed by atoms with Gasteiger partial charge in [-0.15, -0.1) is 0 Å². The van der Waals surface area contributed by atoms with Gasteiger partial charge in [0.25, 0.3) is 0 Å². The minimum absolute atomic E-state index is 0.0953. The van der Waals surface area contributed by atoms with Gasteiger partial charge >= 0.3 is 5.97 Å². The smallest absolute Gasteiger partial charge is 0.343 e. The van der Waals surface area contributed by atoms with Crippen LogP contribution in [0.4, 0.5) is 0 Å². The standard InChI is InChI=1S/C28H25ClO6/c1-28(2)14-13-21-23(35-28)16-24(33-3)25(26(21)31)22(30)12-9-17-7-10-20(11-8-17)34-27(32)18-5-4-6-19(29)15-18/h4-12,15-16,31H,13-14H2,1-3H3/b12-9+. The Bertz CT molecular complexity index is 1310. The van der Waals surface area contributed by atoms with Crippen LogP contribution in [0.15, 0.2) is 60.7 Å². The molecule has 0 spiro atoms. The van der Waals surface area contributed by atoms with Crippen LogP contribution < -0.4 is 14.2 Å². The molecule has 0 radical (unpaired) electrons. The molecule has 1 N–H and O–H groups in total. The van der Waals surface area contributed by atoms with Crippen molar-refractivity contribution in [2.24, 2.45) is 0 Å². The number of methoxy groups -OCH3 is 1. The van der Waals surface area contributed by atoms with E-state index in [1.54, 1.807) is 54.6 Å². The first kappa shape index (κ1) is 24.4. The number of aromatic hydroxyl groups is 1. The maximum absolute atomic E-state index is 13.0. The van der Waals surface area contributed by atoms with Crippen molar-refractivity contribution in [3.05, 3.63) is 87.9 Å². The maximum atomic E-state index is 13.0. The van der Waals surface area contributed by atoms with Crippen molar-refractivity contribution in [2.45, 2.75) is 32.3 Å². The molecule has 1 aliphatic rings. The van der Waals surface area contributed by atoms with Crippen molar-refractivity contribution in [3.8, 4) is 23.0 Å². The molecule has 0 aliphatic carbocycles. The lowest BCUT2D eigenvalue weighted by atomic mass is 9.91. The summed E-state index contributed by atoms with van der Waals surface area (Å²) in [5, 5.41) is 11.3. The first-order valence-electron chi connectivity index (χ1n) is 11.1. The molecule has 6 nitrogen and oxygen atoms in total. The molecule has 0 atom stereocenters. The van der Waals surface area contributed by atoms with Crippen molar-refractivity contribution in [2.75, 3.05) is 7.11 Å². The number of allylic oxidation sites excluding steroid dienone is 1. The number of phenolic OH excluding ortho intramolecular Hbond substituents is 1. The molecule has 0 unspecified atom stereocenters. The molecular formula is C28H25ClO6. The average molecular weight is 493 g/mol. The van der Waals surface area contributed by atoms with Crippen molar-refractivity contribution in [1.82, 2.24) is 0 Å². The fourth-order valence-corrected chi connectivity index (χ4v) is 4.04. The third-order valence-electron chi connectivity index (χ3n) is 5.74. The van der Waals surface area contributed by atoms with Crippen LogP contribution in [0.2, 0.25) is 5.02 Å². The lowest BCUT2D eigenvalue weighted by molar-refractivity contribution is 0.0734. The monoisotopic (exact) mass is 492 g/mol. The molecule has 3 aromatic carbocycles. The molecule has 35 heavy (non-hydrogen) atoms. The molecule has 3 aromatic rings. The molecule has 180 valence electrons. The third-order valence-corrected chi connectivity index (χ3v) is 5.97. The minimum Gasteiger partial charge on any atom is -0.507 e. The van der Waals surface area contributed by atoms with Gasteiger partial charge < -0.3 is 19.3 Å². The topological polar surface area (TPSA) is 82.1 Å². The summed E-state index contributed by atoms with van der Waals surface area (Å²) in [6, 6.07) is 14.8. The van der Waals surface area contributed by atoms with Gasteiger partial charge in [0.05, 0.1) is 12.7 Å². The van der Waals surface area contributed by atoms with Crippen LogP contribution in [0.5, 0.6) is 23.0 Å². The van der Waals surface area contributed by atoms with E-state index in [1.165, 1.54) is 19.3 Å². The SMILES string of the molecule is COc1cc2c(c(O)c1C(=O)/C=C/c1ccc(OC(=O)c3cccc(Cl)c3)cc1)CCC(C)(C)O2. The number of hydrogen-bond acceptors (Lipinski definition) is 6. The van der Waals surface area contributed by atoms with E-state index in [0.717, 1.165) is 6.42 Å². The summed E-state index contributed by atoms with van der Waals surface area (Å²) in [5.41, 5.74) is 1.40. The number of fused-ring (bicyclic) bond motifs is 1. The lowest BCUT2D eigenvalue weighted by Crippen LogP contribution is -2.32. The highest BCUT2D eigenvalue weighted by Gasteiger charge is 2.32. The molecule has 1 aliphatic heterocycles. The third kappa shape index (κ3) is 5.49. The normalized spacial score (nSPS) is 14.2. The van der Waals surface area contributed by atoms with Gasteiger partial charge in [-0.1, -0.05) is 35.9 Å². The first-order valence-corrected chi connectivity index (χ1v) is 11.5. The predicted molar refractivity (Wildman–Crippen MR) is 134 cm³/mol. The maximum Gasteiger partial charge on any atom is 0.343 e. The van der Waals surface area contributed by atoms with Crippen LogP contribution >= 0.6 is 11.6 Å². The van der Waals surface area contributed by atoms with E-state index in [1.807, 2.05) is 13.8 Å². The highest BCUT2D eigenvalue weighted by atomic mass is 35.5. The van der Waals surface area contributed by atoms with E-state index in [4.69, 9.17) is 25.8 Å². The van der Waals surface area contributed by atoms with Crippen molar-refractivity contribution >= 4 is 29.4 Å². The van der Waals surface area contributed by atoms with Gasteiger partial charge in [-0.05, 0) is 68.7 Å². The second-order valence-electron chi connectivity index (χ2n) is 8.81. The molecule has 1 heterocycles. The lowest BCUT2D eigenvalue weighted by Gasteiger charge is -2.33. The van der Waals surface area contributed by atoms with Crippen molar-refractivity contribution < 1.29 is 28.9 Å². The molecular weight excluding hydrogens is 468 g/mol. The van der Waals surface area contributed by atoms with Gasteiger partial charge in [0.15, 0.2) is 5.78 Å². The zero-order chi connectivity index (χ0) is 25.2. The predicted octanol–water partition coefficient (Wildman–Crippen LogP) is 6.27. The Labute approximate surface area is 208 Å². The summed E-state index contributed by atoms with van der Waals surface area (Å²) in [4.78, 5) is 25.2.